The van der Waals surface area contributed by atoms with E-state index in [0.717, 1.165) is 48.4 Å². The summed E-state index contributed by atoms with van der Waals surface area (Å²) in [4.78, 5) is 44.6. The van der Waals surface area contributed by atoms with E-state index in [1.54, 1.807) is 6.92 Å². The van der Waals surface area contributed by atoms with E-state index in [1.807, 2.05) is 65.6 Å². The van der Waals surface area contributed by atoms with Crippen molar-refractivity contribution in [1.29, 1.82) is 0 Å². The summed E-state index contributed by atoms with van der Waals surface area (Å²) >= 11 is 0. The monoisotopic (exact) mass is 583 g/mol. The molecule has 0 unspecified atom stereocenters. The quantitative estimate of drug-likeness (QED) is 0.410. The molecule has 2 bridgehead atoms. The van der Waals surface area contributed by atoms with Crippen LogP contribution in [0.4, 0.5) is 0 Å². The zero-order chi connectivity index (χ0) is 29.8. The maximum absolute atomic E-state index is 13.8. The average Bonchev–Trinajstić information content (AvgIpc) is 3.48. The van der Waals surface area contributed by atoms with Gasteiger partial charge in [0.15, 0.2) is 0 Å². The second-order valence-corrected chi connectivity index (χ2v) is 12.4. The predicted molar refractivity (Wildman–Crippen MR) is 162 cm³/mol. The van der Waals surface area contributed by atoms with Crippen LogP contribution in [0.15, 0.2) is 60.7 Å². The van der Waals surface area contributed by atoms with Crippen LogP contribution in [-0.2, 0) is 27.3 Å². The molecule has 0 saturated carbocycles. The van der Waals surface area contributed by atoms with Crippen molar-refractivity contribution in [3.05, 3.63) is 71.9 Å². The number of nitrogens with one attached hydrogen (secondary N) is 3. The van der Waals surface area contributed by atoms with E-state index < -0.39 is 12.1 Å². The first-order chi connectivity index (χ1) is 20.9. The normalized spacial score (nSPS) is 27.0. The summed E-state index contributed by atoms with van der Waals surface area (Å²) < 4.78 is 0. The van der Waals surface area contributed by atoms with Crippen molar-refractivity contribution >= 4 is 17.7 Å². The van der Waals surface area contributed by atoms with Crippen LogP contribution in [0.25, 0.3) is 11.3 Å². The Bertz CT molecular complexity index is 1410. The molecular weight excluding hydrogens is 542 g/mol. The number of aromatic nitrogens is 3. The molecular formula is C33H41N7O3. The standard InChI is InChI=1S/C33H41N7O3/c1-22-33(43)40-19-24-17-26(20-39(18-24)21-28-31(37-38-36-28)25-11-6-3-7-12-25)29(40)13-8-14-30(41)35-27(32(42)34-22)16-15-23-9-4-2-5-10-23/h2-7,9-12,22,24,26-27,29H,8,13-21H2,1H3,(H,34,42)(H,35,41)(H,36,37,38)/t22-,24+,26-,27+,29+/m1/s1. The Labute approximate surface area is 252 Å². The van der Waals surface area contributed by atoms with Crippen molar-refractivity contribution in [2.75, 3.05) is 19.6 Å². The highest BCUT2D eigenvalue weighted by Crippen LogP contribution is 2.37. The first kappa shape index (κ1) is 29.0. The van der Waals surface area contributed by atoms with Crippen LogP contribution in [0.2, 0.25) is 0 Å². The van der Waals surface area contributed by atoms with Gasteiger partial charge in [-0.25, -0.2) is 0 Å². The van der Waals surface area contributed by atoms with Crippen molar-refractivity contribution in [3.8, 4) is 11.3 Å². The van der Waals surface area contributed by atoms with E-state index in [-0.39, 0.29) is 29.7 Å². The molecule has 5 atom stereocenters. The van der Waals surface area contributed by atoms with Gasteiger partial charge in [-0.2, -0.15) is 15.4 Å². The molecule has 2 aromatic carbocycles. The van der Waals surface area contributed by atoms with Crippen molar-refractivity contribution in [1.82, 2.24) is 35.8 Å². The maximum Gasteiger partial charge on any atom is 0.245 e. The van der Waals surface area contributed by atoms with Gasteiger partial charge in [0.1, 0.15) is 23.5 Å². The molecule has 3 aliphatic rings. The number of nitrogens with zero attached hydrogens (tertiary/aromatic N) is 4. The smallest absolute Gasteiger partial charge is 0.245 e. The Morgan fingerprint density at radius 3 is 2.47 bits per heavy atom. The number of rotatable bonds is 6. The lowest BCUT2D eigenvalue weighted by Gasteiger charge is -2.51. The fourth-order valence-electron chi connectivity index (χ4n) is 7.19. The lowest BCUT2D eigenvalue weighted by atomic mass is 9.77. The van der Waals surface area contributed by atoms with Crippen LogP contribution in [0, 0.1) is 11.8 Å². The van der Waals surface area contributed by atoms with Gasteiger partial charge in [-0.05, 0) is 56.4 Å². The summed E-state index contributed by atoms with van der Waals surface area (Å²) in [6, 6.07) is 18.7. The number of aryl methyl sites for hydroxylation is 1. The highest BCUT2D eigenvalue weighted by atomic mass is 16.2. The summed E-state index contributed by atoms with van der Waals surface area (Å²) in [6.45, 7) is 4.84. The first-order valence-corrected chi connectivity index (χ1v) is 15.6. The third-order valence-electron chi connectivity index (χ3n) is 9.22. The minimum atomic E-state index is -0.676. The zero-order valence-corrected chi connectivity index (χ0v) is 24.7. The summed E-state index contributed by atoms with van der Waals surface area (Å²) in [5.41, 5.74) is 3.94. The van der Waals surface area contributed by atoms with Crippen molar-refractivity contribution in [2.24, 2.45) is 11.8 Å². The van der Waals surface area contributed by atoms with Crippen LogP contribution in [0.1, 0.15) is 50.3 Å². The molecule has 3 aromatic rings. The molecule has 10 nitrogen and oxygen atoms in total. The number of carbonyl (C=O) groups excluding carboxylic acids is 3. The van der Waals surface area contributed by atoms with Gasteiger partial charge in [0.05, 0.1) is 0 Å². The Hall–Kier alpha value is -4.05. The Kier molecular flexibility index (Phi) is 8.83. The highest BCUT2D eigenvalue weighted by molar-refractivity contribution is 5.92. The van der Waals surface area contributed by atoms with Gasteiger partial charge < -0.3 is 15.5 Å². The van der Waals surface area contributed by atoms with Gasteiger partial charge in [-0.15, -0.1) is 0 Å². The lowest BCUT2D eigenvalue weighted by molar-refractivity contribution is -0.145. The third kappa shape index (κ3) is 6.80. The van der Waals surface area contributed by atoms with Crippen molar-refractivity contribution in [2.45, 2.75) is 70.1 Å². The number of hydrogen-bond donors (Lipinski definition) is 3. The Balaban J connectivity index is 1.14. The Morgan fingerprint density at radius 2 is 1.67 bits per heavy atom. The van der Waals surface area contributed by atoms with E-state index in [2.05, 4.69) is 30.9 Å². The van der Waals surface area contributed by atoms with E-state index in [1.165, 1.54) is 0 Å². The average molecular weight is 584 g/mol. The third-order valence-corrected chi connectivity index (χ3v) is 9.22. The molecule has 0 radical (unpaired) electrons. The molecule has 3 fully saturated rings. The fourth-order valence-corrected chi connectivity index (χ4v) is 7.19. The van der Waals surface area contributed by atoms with Crippen LogP contribution < -0.4 is 10.6 Å². The number of hydrogen-bond acceptors (Lipinski definition) is 6. The second kappa shape index (κ2) is 13.1. The van der Waals surface area contributed by atoms with Crippen molar-refractivity contribution < 1.29 is 14.4 Å². The zero-order valence-electron chi connectivity index (χ0n) is 24.7. The van der Waals surface area contributed by atoms with Gasteiger partial charge in [0.25, 0.3) is 0 Å². The molecule has 3 N–H and O–H groups in total. The molecule has 43 heavy (non-hydrogen) atoms. The number of H-pyrrole nitrogens is 1. The maximum atomic E-state index is 13.8. The molecule has 0 spiro atoms. The first-order valence-electron chi connectivity index (χ1n) is 15.6. The summed E-state index contributed by atoms with van der Waals surface area (Å²) in [5, 5.41) is 17.6. The summed E-state index contributed by atoms with van der Waals surface area (Å²) in [7, 11) is 0. The van der Waals surface area contributed by atoms with Gasteiger partial charge in [-0.1, -0.05) is 60.7 Å². The van der Waals surface area contributed by atoms with Crippen LogP contribution >= 0.6 is 0 Å². The van der Waals surface area contributed by atoms with Crippen LogP contribution in [0.3, 0.4) is 0 Å². The number of piperidine rings is 2. The topological polar surface area (TPSA) is 123 Å². The number of amides is 3. The van der Waals surface area contributed by atoms with Crippen LogP contribution in [-0.4, -0.2) is 80.7 Å². The molecule has 3 amide bonds. The predicted octanol–water partition coefficient (Wildman–Crippen LogP) is 2.93. The molecule has 4 heterocycles. The number of fused-ring (bicyclic) bond motifs is 4. The molecule has 3 saturated heterocycles. The number of benzene rings is 2. The molecule has 3 aliphatic heterocycles. The van der Waals surface area contributed by atoms with Crippen LogP contribution in [0.5, 0.6) is 0 Å². The number of likely N-dealkylation sites (tertiary alicyclic amines) is 1. The van der Waals surface area contributed by atoms with E-state index in [9.17, 15) is 14.4 Å². The SMILES string of the molecule is C[C@H]1NC(=O)[C@H](CCc2ccccc2)NC(=O)CCC[C@H]2[C@@H]3C[C@@H](CN(Cc4n[nH]nc4-c4ccccc4)C3)CN2C1=O. The minimum Gasteiger partial charge on any atom is -0.344 e. The molecule has 0 aliphatic carbocycles. The van der Waals surface area contributed by atoms with Gasteiger partial charge in [0.2, 0.25) is 17.7 Å². The lowest BCUT2D eigenvalue weighted by Crippen LogP contribution is -2.62. The highest BCUT2D eigenvalue weighted by Gasteiger charge is 2.44. The summed E-state index contributed by atoms with van der Waals surface area (Å²) in [5.74, 6) is 0.183. The molecule has 10 heteroatoms. The Morgan fingerprint density at radius 1 is 0.907 bits per heavy atom. The van der Waals surface area contributed by atoms with E-state index >= 15 is 0 Å². The van der Waals surface area contributed by atoms with E-state index in [0.29, 0.717) is 44.7 Å². The number of carbonyl (C=O) groups is 3. The van der Waals surface area contributed by atoms with Gasteiger partial charge in [-0.3, -0.25) is 19.3 Å². The molecule has 226 valence electrons. The van der Waals surface area contributed by atoms with E-state index in [4.69, 9.17) is 0 Å². The van der Waals surface area contributed by atoms with Gasteiger partial charge in [0, 0.05) is 44.2 Å². The largest absolute Gasteiger partial charge is 0.344 e. The molecule has 1 aromatic heterocycles. The molecule has 6 rings (SSSR count). The second-order valence-electron chi connectivity index (χ2n) is 12.4. The fraction of sp³-hybridized carbons (Fsp3) is 0.485. The van der Waals surface area contributed by atoms with Crippen molar-refractivity contribution in [3.63, 3.8) is 0 Å². The van der Waals surface area contributed by atoms with Gasteiger partial charge >= 0.3 is 0 Å². The minimum absolute atomic E-state index is 0.0258. The summed E-state index contributed by atoms with van der Waals surface area (Å²) in [6.07, 6.45) is 3.97. The number of aromatic amines is 1.